The number of piperidine rings is 2. The molecule has 1 aliphatic carbocycles. The minimum absolute atomic E-state index is 0.122. The van der Waals surface area contributed by atoms with E-state index in [0.717, 1.165) is 22.9 Å². The van der Waals surface area contributed by atoms with Crippen LogP contribution in [0.25, 0.3) is 0 Å². The summed E-state index contributed by atoms with van der Waals surface area (Å²) in [4.78, 5) is 50.1. The molecular weight excluding hydrogens is 360 g/mol. The van der Waals surface area contributed by atoms with Crippen LogP contribution in [0.5, 0.6) is 0 Å². The van der Waals surface area contributed by atoms with Gasteiger partial charge in [-0.3, -0.25) is 29.4 Å². The van der Waals surface area contributed by atoms with E-state index in [1.165, 1.54) is 12.8 Å². The first kappa shape index (κ1) is 17.5. The van der Waals surface area contributed by atoms with Gasteiger partial charge in [0.25, 0.3) is 11.8 Å². The van der Waals surface area contributed by atoms with Crippen molar-refractivity contribution in [2.75, 3.05) is 6.54 Å². The number of amides is 4. The summed E-state index contributed by atoms with van der Waals surface area (Å²) in [5, 5.41) is 9.29. The van der Waals surface area contributed by atoms with Crippen LogP contribution in [0, 0.1) is 5.92 Å². The Labute approximate surface area is 162 Å². The second-order valence-electron chi connectivity index (χ2n) is 8.17. The van der Waals surface area contributed by atoms with Gasteiger partial charge < -0.3 is 10.6 Å². The number of hydrogen-bond donors (Lipinski definition) is 3. The molecule has 4 unspecified atom stereocenters. The molecule has 0 spiro atoms. The van der Waals surface area contributed by atoms with E-state index in [-0.39, 0.29) is 18.7 Å². The molecule has 28 heavy (non-hydrogen) atoms. The van der Waals surface area contributed by atoms with Crippen LogP contribution in [0.15, 0.2) is 18.2 Å². The van der Waals surface area contributed by atoms with Gasteiger partial charge in [0.15, 0.2) is 0 Å². The number of imide groups is 2. The Morgan fingerprint density at radius 3 is 2.61 bits per heavy atom. The van der Waals surface area contributed by atoms with Gasteiger partial charge in [0.2, 0.25) is 11.8 Å². The number of fused-ring (bicyclic) bond motifs is 3. The van der Waals surface area contributed by atoms with Gasteiger partial charge in [-0.2, -0.15) is 0 Å². The molecule has 1 aromatic carbocycles. The molecule has 3 heterocycles. The summed E-state index contributed by atoms with van der Waals surface area (Å²) in [6.07, 6.45) is 2.68. The fraction of sp³-hybridized carbons (Fsp3) is 0.500. The quantitative estimate of drug-likeness (QED) is 0.629. The van der Waals surface area contributed by atoms with Crippen LogP contribution in [0.3, 0.4) is 0 Å². The number of nitrogens with zero attached hydrogens (tertiary/aromatic N) is 1. The van der Waals surface area contributed by atoms with E-state index in [0.29, 0.717) is 29.8 Å². The third-order valence-electron chi connectivity index (χ3n) is 6.40. The highest BCUT2D eigenvalue weighted by atomic mass is 16.2. The van der Waals surface area contributed by atoms with Gasteiger partial charge in [0, 0.05) is 25.0 Å². The van der Waals surface area contributed by atoms with Crippen LogP contribution in [0.2, 0.25) is 0 Å². The predicted molar refractivity (Wildman–Crippen MR) is 98.3 cm³/mol. The van der Waals surface area contributed by atoms with Gasteiger partial charge in [-0.05, 0) is 49.4 Å². The molecule has 4 amide bonds. The van der Waals surface area contributed by atoms with Crippen molar-refractivity contribution in [1.29, 1.82) is 0 Å². The maximum absolute atomic E-state index is 12.9. The summed E-state index contributed by atoms with van der Waals surface area (Å²) < 4.78 is 0. The van der Waals surface area contributed by atoms with Crippen molar-refractivity contribution in [3.05, 3.63) is 34.9 Å². The Kier molecular flexibility index (Phi) is 4.06. The van der Waals surface area contributed by atoms with Gasteiger partial charge in [0.1, 0.15) is 6.04 Å². The van der Waals surface area contributed by atoms with Gasteiger partial charge in [-0.15, -0.1) is 0 Å². The van der Waals surface area contributed by atoms with E-state index in [2.05, 4.69) is 16.0 Å². The molecule has 0 aromatic heterocycles. The molecule has 4 aliphatic rings. The molecule has 8 nitrogen and oxygen atoms in total. The monoisotopic (exact) mass is 382 g/mol. The second-order valence-corrected chi connectivity index (χ2v) is 8.17. The fourth-order valence-electron chi connectivity index (χ4n) is 4.96. The topological polar surface area (TPSA) is 108 Å². The van der Waals surface area contributed by atoms with E-state index in [1.54, 1.807) is 12.1 Å². The van der Waals surface area contributed by atoms with Gasteiger partial charge in [0.05, 0.1) is 11.1 Å². The molecule has 4 atom stereocenters. The van der Waals surface area contributed by atoms with Crippen molar-refractivity contribution < 1.29 is 19.2 Å². The zero-order valence-corrected chi connectivity index (χ0v) is 15.4. The lowest BCUT2D eigenvalue weighted by atomic mass is 10.0. The molecule has 2 bridgehead atoms. The zero-order valence-electron chi connectivity index (χ0n) is 15.4. The summed E-state index contributed by atoms with van der Waals surface area (Å²) in [6, 6.07) is 5.29. The molecular formula is C20H22N4O4. The van der Waals surface area contributed by atoms with E-state index in [1.807, 2.05) is 6.07 Å². The third-order valence-corrected chi connectivity index (χ3v) is 6.40. The minimum atomic E-state index is -0.924. The van der Waals surface area contributed by atoms with Crippen LogP contribution in [0.1, 0.15) is 52.0 Å². The second kappa shape index (κ2) is 6.49. The first-order valence-corrected chi connectivity index (χ1v) is 9.82. The van der Waals surface area contributed by atoms with E-state index < -0.39 is 23.8 Å². The summed E-state index contributed by atoms with van der Waals surface area (Å²) in [5.74, 6) is -1.13. The number of benzene rings is 1. The standard InChI is InChI=1S/C20H22N4O4/c25-17-4-3-16(18(26)23-17)24-19(27)12-2-1-10(5-13(12)20(24)28)8-21-14-6-11-7-15(14)22-9-11/h1-2,5,11,14-16,21-22H,3-4,6-9H2,(H,23,25,26). The van der Waals surface area contributed by atoms with Crippen molar-refractivity contribution in [3.63, 3.8) is 0 Å². The van der Waals surface area contributed by atoms with Gasteiger partial charge in [-0.25, -0.2) is 0 Å². The Bertz CT molecular complexity index is 898. The smallest absolute Gasteiger partial charge is 0.262 e. The minimum Gasteiger partial charge on any atom is -0.312 e. The van der Waals surface area contributed by atoms with Crippen LogP contribution < -0.4 is 16.0 Å². The number of rotatable bonds is 4. The molecule has 146 valence electrons. The largest absolute Gasteiger partial charge is 0.312 e. The first-order chi connectivity index (χ1) is 13.5. The van der Waals surface area contributed by atoms with Crippen LogP contribution >= 0.6 is 0 Å². The average Bonchev–Trinajstić information content (AvgIpc) is 3.36. The highest BCUT2D eigenvalue weighted by Crippen LogP contribution is 2.32. The Balaban J connectivity index is 1.31. The molecule has 1 saturated carbocycles. The van der Waals surface area contributed by atoms with E-state index in [4.69, 9.17) is 0 Å². The van der Waals surface area contributed by atoms with Gasteiger partial charge >= 0.3 is 0 Å². The lowest BCUT2D eigenvalue weighted by molar-refractivity contribution is -0.136. The van der Waals surface area contributed by atoms with Crippen molar-refractivity contribution in [3.8, 4) is 0 Å². The maximum atomic E-state index is 12.9. The Morgan fingerprint density at radius 2 is 1.89 bits per heavy atom. The summed E-state index contributed by atoms with van der Waals surface area (Å²) in [5.41, 5.74) is 1.59. The van der Waals surface area contributed by atoms with Crippen LogP contribution in [-0.2, 0) is 16.1 Å². The average molecular weight is 382 g/mol. The van der Waals surface area contributed by atoms with Crippen molar-refractivity contribution in [2.24, 2.45) is 5.92 Å². The highest BCUT2D eigenvalue weighted by molar-refractivity contribution is 6.23. The Morgan fingerprint density at radius 1 is 1.07 bits per heavy atom. The number of carbonyl (C=O) groups excluding carboxylic acids is 4. The lowest BCUT2D eigenvalue weighted by Gasteiger charge is -2.27. The zero-order chi connectivity index (χ0) is 19.4. The normalized spacial score (nSPS) is 31.5. The van der Waals surface area contributed by atoms with Crippen molar-refractivity contribution >= 4 is 23.6 Å². The third kappa shape index (κ3) is 2.75. The summed E-state index contributed by atoms with van der Waals surface area (Å²) in [7, 11) is 0. The fourth-order valence-corrected chi connectivity index (χ4v) is 4.96. The molecule has 1 aromatic rings. The lowest BCUT2D eigenvalue weighted by Crippen LogP contribution is -2.54. The van der Waals surface area contributed by atoms with Gasteiger partial charge in [-0.1, -0.05) is 6.07 Å². The summed E-state index contributed by atoms with van der Waals surface area (Å²) >= 11 is 0. The maximum Gasteiger partial charge on any atom is 0.262 e. The number of hydrogen-bond acceptors (Lipinski definition) is 6. The van der Waals surface area contributed by atoms with E-state index in [9.17, 15) is 19.2 Å². The van der Waals surface area contributed by atoms with Crippen molar-refractivity contribution in [1.82, 2.24) is 20.9 Å². The highest BCUT2D eigenvalue weighted by Gasteiger charge is 2.44. The molecule has 0 radical (unpaired) electrons. The Hall–Kier alpha value is -2.58. The molecule has 3 N–H and O–H groups in total. The SMILES string of the molecule is O=C1CCC(N2C(=O)c3ccc(CNC4CC5CNC4C5)cc3C2=O)C(=O)N1. The molecule has 3 fully saturated rings. The molecule has 5 rings (SSSR count). The number of carbonyl (C=O) groups is 4. The molecule has 3 aliphatic heterocycles. The summed E-state index contributed by atoms with van der Waals surface area (Å²) in [6.45, 7) is 1.73. The molecule has 8 heteroatoms. The first-order valence-electron chi connectivity index (χ1n) is 9.82. The van der Waals surface area contributed by atoms with Crippen LogP contribution in [0.4, 0.5) is 0 Å². The van der Waals surface area contributed by atoms with Crippen molar-refractivity contribution in [2.45, 2.75) is 50.4 Å². The number of nitrogens with one attached hydrogen (secondary N) is 3. The van der Waals surface area contributed by atoms with E-state index >= 15 is 0 Å². The van der Waals surface area contributed by atoms with Crippen LogP contribution in [-0.4, -0.2) is 53.2 Å². The molecule has 2 saturated heterocycles. The predicted octanol–water partition coefficient (Wildman–Crippen LogP) is -0.0722.